The van der Waals surface area contributed by atoms with Crippen LogP contribution in [0.1, 0.15) is 48.0 Å². The van der Waals surface area contributed by atoms with Gasteiger partial charge >= 0.3 is 0 Å². The standard InChI is InChI=1S/C16H24Si/c1-10-7-8-11(2)14(10)17-15-12(3)9-16(5,6)13(15)4/h7,9H,8,17H2,1-6H3. The molecule has 0 saturated carbocycles. The van der Waals surface area contributed by atoms with Crippen molar-refractivity contribution in [3.05, 3.63) is 44.8 Å². The number of allylic oxidation sites excluding steroid dienone is 8. The number of hydrogen-bond donors (Lipinski definition) is 0. The smallest absolute Gasteiger partial charge is 0.0777 e. The van der Waals surface area contributed by atoms with E-state index in [0.29, 0.717) is 0 Å². The van der Waals surface area contributed by atoms with Gasteiger partial charge in [0.2, 0.25) is 0 Å². The minimum Gasteiger partial charge on any atom is -0.0777 e. The Morgan fingerprint density at radius 3 is 2.06 bits per heavy atom. The highest BCUT2D eigenvalue weighted by Crippen LogP contribution is 2.41. The lowest BCUT2D eigenvalue weighted by atomic mass is 9.89. The summed E-state index contributed by atoms with van der Waals surface area (Å²) in [5.74, 6) is 0. The van der Waals surface area contributed by atoms with E-state index in [-0.39, 0.29) is 14.9 Å². The predicted octanol–water partition coefficient (Wildman–Crippen LogP) is 4.04. The van der Waals surface area contributed by atoms with Gasteiger partial charge < -0.3 is 0 Å². The summed E-state index contributed by atoms with van der Waals surface area (Å²) in [6.45, 7) is 13.9. The molecule has 0 N–H and O–H groups in total. The van der Waals surface area contributed by atoms with E-state index in [4.69, 9.17) is 0 Å². The summed E-state index contributed by atoms with van der Waals surface area (Å²) in [6, 6.07) is 0. The van der Waals surface area contributed by atoms with Crippen molar-refractivity contribution in [2.45, 2.75) is 48.0 Å². The molecule has 0 unspecified atom stereocenters. The van der Waals surface area contributed by atoms with Crippen LogP contribution in [0, 0.1) is 5.41 Å². The molecule has 0 spiro atoms. The van der Waals surface area contributed by atoms with Gasteiger partial charge in [-0.05, 0) is 34.1 Å². The first-order chi connectivity index (χ1) is 7.83. The van der Waals surface area contributed by atoms with Crippen molar-refractivity contribution in [3.8, 4) is 0 Å². The van der Waals surface area contributed by atoms with Crippen molar-refractivity contribution in [3.63, 3.8) is 0 Å². The maximum atomic E-state index is 2.45. The van der Waals surface area contributed by atoms with Gasteiger partial charge in [0.15, 0.2) is 0 Å². The molecule has 0 bridgehead atoms. The van der Waals surface area contributed by atoms with E-state index in [1.165, 1.54) is 6.42 Å². The van der Waals surface area contributed by atoms with Crippen LogP contribution in [0.2, 0.25) is 0 Å². The Hall–Kier alpha value is -0.823. The van der Waals surface area contributed by atoms with Gasteiger partial charge in [0.05, 0.1) is 9.52 Å². The Morgan fingerprint density at radius 2 is 1.65 bits per heavy atom. The van der Waals surface area contributed by atoms with Gasteiger partial charge in [0.25, 0.3) is 0 Å². The zero-order valence-electron chi connectivity index (χ0n) is 12.1. The van der Waals surface area contributed by atoms with Crippen LogP contribution in [0.25, 0.3) is 0 Å². The molecular formula is C16H24Si. The second-order valence-corrected chi connectivity index (χ2v) is 7.95. The summed E-state index contributed by atoms with van der Waals surface area (Å²) in [4.78, 5) is 0. The molecule has 0 fully saturated rings. The van der Waals surface area contributed by atoms with Crippen LogP contribution in [-0.4, -0.2) is 9.52 Å². The molecule has 92 valence electrons. The van der Waals surface area contributed by atoms with E-state index in [2.05, 4.69) is 53.7 Å². The first-order valence-corrected chi connectivity index (χ1v) is 8.00. The summed E-state index contributed by atoms with van der Waals surface area (Å²) >= 11 is 0. The zero-order valence-corrected chi connectivity index (χ0v) is 13.5. The third-order valence-corrected chi connectivity index (χ3v) is 7.49. The van der Waals surface area contributed by atoms with Crippen LogP contribution in [0.5, 0.6) is 0 Å². The van der Waals surface area contributed by atoms with Crippen LogP contribution < -0.4 is 0 Å². The molecule has 0 aliphatic heterocycles. The normalized spacial score (nSPS) is 24.1. The minimum absolute atomic E-state index is 0.272. The van der Waals surface area contributed by atoms with Crippen LogP contribution in [0.3, 0.4) is 0 Å². The highest BCUT2D eigenvalue weighted by atomic mass is 28.2. The van der Waals surface area contributed by atoms with Crippen molar-refractivity contribution in [2.24, 2.45) is 5.41 Å². The second kappa shape index (κ2) is 4.13. The van der Waals surface area contributed by atoms with Gasteiger partial charge in [-0.15, -0.1) is 0 Å². The molecule has 0 saturated heterocycles. The van der Waals surface area contributed by atoms with Crippen LogP contribution in [-0.2, 0) is 0 Å². The van der Waals surface area contributed by atoms with Crippen molar-refractivity contribution >= 4 is 9.52 Å². The van der Waals surface area contributed by atoms with Crippen molar-refractivity contribution in [1.29, 1.82) is 0 Å². The number of hydrogen-bond acceptors (Lipinski definition) is 0. The maximum Gasteiger partial charge on any atom is 0.0880 e. The summed E-state index contributed by atoms with van der Waals surface area (Å²) in [5.41, 5.74) is 6.61. The fraction of sp³-hybridized carbons (Fsp3) is 0.500. The summed E-state index contributed by atoms with van der Waals surface area (Å²) < 4.78 is 0. The van der Waals surface area contributed by atoms with E-state index >= 15 is 0 Å². The van der Waals surface area contributed by atoms with E-state index in [1.807, 2.05) is 0 Å². The van der Waals surface area contributed by atoms with E-state index in [0.717, 1.165) is 0 Å². The third-order valence-electron chi connectivity index (χ3n) is 4.53. The molecule has 0 amide bonds. The second-order valence-electron chi connectivity index (χ2n) is 6.18. The predicted molar refractivity (Wildman–Crippen MR) is 79.9 cm³/mol. The summed E-state index contributed by atoms with van der Waals surface area (Å²) in [7, 11) is -0.272. The molecule has 2 aliphatic carbocycles. The van der Waals surface area contributed by atoms with Gasteiger partial charge in [0.1, 0.15) is 0 Å². The van der Waals surface area contributed by atoms with Gasteiger partial charge in [-0.1, -0.05) is 58.7 Å². The molecule has 0 nitrogen and oxygen atoms in total. The molecule has 0 atom stereocenters. The third kappa shape index (κ3) is 2.13. The lowest BCUT2D eigenvalue weighted by molar-refractivity contribution is 0.589. The molecule has 0 radical (unpaired) electrons. The Labute approximate surface area is 108 Å². The van der Waals surface area contributed by atoms with E-state index < -0.39 is 0 Å². The van der Waals surface area contributed by atoms with Crippen LogP contribution >= 0.6 is 0 Å². The number of rotatable bonds is 2. The van der Waals surface area contributed by atoms with Gasteiger partial charge in [-0.2, -0.15) is 0 Å². The van der Waals surface area contributed by atoms with E-state index in [1.54, 1.807) is 32.7 Å². The van der Waals surface area contributed by atoms with Crippen LogP contribution in [0.15, 0.2) is 44.8 Å². The van der Waals surface area contributed by atoms with Gasteiger partial charge in [-0.3, -0.25) is 0 Å². The Kier molecular flexibility index (Phi) is 3.07. The molecule has 0 aromatic carbocycles. The lowest BCUT2D eigenvalue weighted by Gasteiger charge is -2.18. The average molecular weight is 244 g/mol. The van der Waals surface area contributed by atoms with Gasteiger partial charge in [0, 0.05) is 5.41 Å². The highest BCUT2D eigenvalue weighted by Gasteiger charge is 2.28. The molecule has 1 heteroatoms. The first-order valence-electron chi connectivity index (χ1n) is 6.58. The molecular weight excluding hydrogens is 220 g/mol. The fourth-order valence-electron chi connectivity index (χ4n) is 3.05. The summed E-state index contributed by atoms with van der Waals surface area (Å²) in [5, 5.41) is 3.42. The largest absolute Gasteiger partial charge is 0.0880 e. The Morgan fingerprint density at radius 1 is 1.00 bits per heavy atom. The Balaban J connectivity index is 2.33. The first kappa shape index (κ1) is 12.6. The van der Waals surface area contributed by atoms with Crippen molar-refractivity contribution in [2.75, 3.05) is 0 Å². The minimum atomic E-state index is -0.272. The van der Waals surface area contributed by atoms with E-state index in [9.17, 15) is 0 Å². The molecule has 2 aliphatic rings. The molecule has 17 heavy (non-hydrogen) atoms. The highest BCUT2D eigenvalue weighted by molar-refractivity contribution is 6.57. The monoisotopic (exact) mass is 244 g/mol. The Bertz CT molecular complexity index is 482. The zero-order chi connectivity index (χ0) is 12.8. The fourth-order valence-corrected chi connectivity index (χ4v) is 5.37. The maximum absolute atomic E-state index is 2.45. The van der Waals surface area contributed by atoms with Crippen molar-refractivity contribution < 1.29 is 0 Å². The molecule has 0 aromatic heterocycles. The SMILES string of the molecule is CC1=CCC(C)=C1[SiH2]C1=C(C)C(C)(C)C=C1C. The van der Waals surface area contributed by atoms with Crippen molar-refractivity contribution in [1.82, 2.24) is 0 Å². The summed E-state index contributed by atoms with van der Waals surface area (Å²) in [6.07, 6.45) is 6.04. The molecule has 0 heterocycles. The molecule has 2 rings (SSSR count). The van der Waals surface area contributed by atoms with Crippen LogP contribution in [0.4, 0.5) is 0 Å². The van der Waals surface area contributed by atoms with Gasteiger partial charge in [-0.25, -0.2) is 0 Å². The quantitative estimate of drug-likeness (QED) is 0.643. The molecule has 0 aromatic rings. The lowest BCUT2D eigenvalue weighted by Crippen LogP contribution is -2.09. The topological polar surface area (TPSA) is 0 Å². The average Bonchev–Trinajstić information content (AvgIpc) is 2.62.